The van der Waals surface area contributed by atoms with Crippen LogP contribution in [0.15, 0.2) is 35.3 Å². The SMILES string of the molecule is C=C(C)CNC(=NCc1cc(C)ccc1OC(F)F)NCC(=O)N(C)C.I. The molecular weight excluding hydrogens is 469 g/mol. The first-order valence-electron chi connectivity index (χ1n) is 8.10. The van der Waals surface area contributed by atoms with Gasteiger partial charge in [0.2, 0.25) is 5.91 Å². The van der Waals surface area contributed by atoms with Crippen molar-refractivity contribution in [3.63, 3.8) is 0 Å². The minimum absolute atomic E-state index is 0. The largest absolute Gasteiger partial charge is 0.434 e. The first kappa shape index (κ1) is 25.1. The summed E-state index contributed by atoms with van der Waals surface area (Å²) in [6.45, 7) is 5.25. The summed E-state index contributed by atoms with van der Waals surface area (Å²) < 4.78 is 29.7. The van der Waals surface area contributed by atoms with Crippen LogP contribution in [0, 0.1) is 6.92 Å². The molecule has 0 aromatic heterocycles. The molecule has 0 saturated heterocycles. The third-order valence-corrected chi connectivity index (χ3v) is 3.30. The van der Waals surface area contributed by atoms with Gasteiger partial charge in [-0.3, -0.25) is 4.79 Å². The van der Waals surface area contributed by atoms with Gasteiger partial charge in [0, 0.05) is 26.2 Å². The van der Waals surface area contributed by atoms with Gasteiger partial charge in [0.05, 0.1) is 13.1 Å². The Morgan fingerprint density at radius 1 is 1.30 bits per heavy atom. The van der Waals surface area contributed by atoms with E-state index in [-0.39, 0.29) is 48.7 Å². The van der Waals surface area contributed by atoms with Crippen molar-refractivity contribution >= 4 is 35.8 Å². The van der Waals surface area contributed by atoms with Gasteiger partial charge in [0.1, 0.15) is 5.75 Å². The van der Waals surface area contributed by atoms with Crippen LogP contribution in [0.25, 0.3) is 0 Å². The van der Waals surface area contributed by atoms with E-state index in [1.165, 1.54) is 11.0 Å². The molecule has 9 heteroatoms. The summed E-state index contributed by atoms with van der Waals surface area (Å²) in [5.41, 5.74) is 2.32. The minimum Gasteiger partial charge on any atom is -0.434 e. The summed E-state index contributed by atoms with van der Waals surface area (Å²) in [6, 6.07) is 4.93. The third-order valence-electron chi connectivity index (χ3n) is 3.30. The fourth-order valence-electron chi connectivity index (χ4n) is 1.93. The van der Waals surface area contributed by atoms with Gasteiger partial charge in [-0.05, 0) is 19.9 Å². The van der Waals surface area contributed by atoms with Crippen LogP contribution < -0.4 is 15.4 Å². The summed E-state index contributed by atoms with van der Waals surface area (Å²) in [7, 11) is 3.31. The number of carbonyl (C=O) groups is 1. The van der Waals surface area contributed by atoms with E-state index in [2.05, 4.69) is 26.9 Å². The molecule has 0 spiro atoms. The molecule has 1 amide bonds. The summed E-state index contributed by atoms with van der Waals surface area (Å²) in [4.78, 5) is 17.6. The Morgan fingerprint density at radius 2 is 1.93 bits per heavy atom. The Labute approximate surface area is 176 Å². The molecule has 152 valence electrons. The van der Waals surface area contributed by atoms with Crippen LogP contribution in [0.4, 0.5) is 8.78 Å². The van der Waals surface area contributed by atoms with Crippen LogP contribution in [0.3, 0.4) is 0 Å². The highest BCUT2D eigenvalue weighted by molar-refractivity contribution is 14.0. The number of hydrogen-bond acceptors (Lipinski definition) is 3. The van der Waals surface area contributed by atoms with Gasteiger partial charge in [0.15, 0.2) is 5.96 Å². The molecule has 0 unspecified atom stereocenters. The van der Waals surface area contributed by atoms with Crippen LogP contribution >= 0.6 is 24.0 Å². The molecular formula is C18H27F2IN4O2. The number of guanidine groups is 1. The van der Waals surface area contributed by atoms with Crippen LogP contribution in [-0.4, -0.2) is 50.6 Å². The molecule has 1 rings (SSSR count). The molecule has 1 aromatic carbocycles. The predicted molar refractivity (Wildman–Crippen MR) is 114 cm³/mol. The highest BCUT2D eigenvalue weighted by Crippen LogP contribution is 2.22. The van der Waals surface area contributed by atoms with Gasteiger partial charge in [0.25, 0.3) is 0 Å². The first-order valence-corrected chi connectivity index (χ1v) is 8.10. The Balaban J connectivity index is 0.00000676. The molecule has 0 saturated carbocycles. The van der Waals surface area contributed by atoms with E-state index in [9.17, 15) is 13.6 Å². The Kier molecular flexibility index (Phi) is 11.6. The van der Waals surface area contributed by atoms with Crippen LogP contribution in [0.5, 0.6) is 5.75 Å². The summed E-state index contributed by atoms with van der Waals surface area (Å²) in [5, 5.41) is 5.96. The quantitative estimate of drug-likeness (QED) is 0.252. The number of alkyl halides is 2. The fourth-order valence-corrected chi connectivity index (χ4v) is 1.93. The lowest BCUT2D eigenvalue weighted by molar-refractivity contribution is -0.127. The first-order chi connectivity index (χ1) is 12.2. The number of halogens is 3. The van der Waals surface area contributed by atoms with Crippen molar-refractivity contribution < 1.29 is 18.3 Å². The highest BCUT2D eigenvalue weighted by Gasteiger charge is 2.11. The molecule has 0 radical (unpaired) electrons. The Hall–Kier alpha value is -1.91. The van der Waals surface area contributed by atoms with Gasteiger partial charge < -0.3 is 20.3 Å². The Bertz CT molecular complexity index is 667. The average molecular weight is 496 g/mol. The number of ether oxygens (including phenoxy) is 1. The molecule has 0 heterocycles. The molecule has 1 aromatic rings. The second kappa shape index (κ2) is 12.5. The third kappa shape index (κ3) is 10.1. The lowest BCUT2D eigenvalue weighted by atomic mass is 10.1. The number of amides is 1. The maximum Gasteiger partial charge on any atom is 0.387 e. The van der Waals surface area contributed by atoms with Gasteiger partial charge >= 0.3 is 6.61 Å². The molecule has 0 atom stereocenters. The molecule has 0 aliphatic rings. The van der Waals surface area contributed by atoms with E-state index in [0.717, 1.165) is 11.1 Å². The predicted octanol–water partition coefficient (Wildman–Crippen LogP) is 2.91. The number of carbonyl (C=O) groups excluding carboxylic acids is 1. The van der Waals surface area contributed by atoms with Crippen LogP contribution in [-0.2, 0) is 11.3 Å². The fraction of sp³-hybridized carbons (Fsp3) is 0.444. The number of aliphatic imine (C=N–C) groups is 1. The lowest BCUT2D eigenvalue weighted by Gasteiger charge is -2.15. The van der Waals surface area contributed by atoms with E-state index in [1.807, 2.05) is 13.8 Å². The van der Waals surface area contributed by atoms with Crippen molar-refractivity contribution in [3.05, 3.63) is 41.5 Å². The molecule has 0 aliphatic carbocycles. The number of aryl methyl sites for hydroxylation is 1. The molecule has 6 nitrogen and oxygen atoms in total. The average Bonchev–Trinajstić information content (AvgIpc) is 2.55. The molecule has 2 N–H and O–H groups in total. The van der Waals surface area contributed by atoms with Gasteiger partial charge in [-0.2, -0.15) is 8.78 Å². The second-order valence-corrected chi connectivity index (χ2v) is 6.11. The standard InChI is InChI=1S/C18H26F2N4O2.HI/c1-12(2)9-21-18(23-11-16(25)24(4)5)22-10-14-8-13(3)6-7-15(14)26-17(19)20;/h6-8,17H,1,9-11H2,2-5H3,(H2,21,22,23);1H. The zero-order valence-electron chi connectivity index (χ0n) is 16.0. The summed E-state index contributed by atoms with van der Waals surface area (Å²) >= 11 is 0. The van der Waals surface area contributed by atoms with Crippen molar-refractivity contribution in [1.82, 2.24) is 15.5 Å². The van der Waals surface area contributed by atoms with Crippen molar-refractivity contribution in [3.8, 4) is 5.75 Å². The number of nitrogens with one attached hydrogen (secondary N) is 2. The summed E-state index contributed by atoms with van der Waals surface area (Å²) in [5.74, 6) is 0.345. The molecule has 27 heavy (non-hydrogen) atoms. The highest BCUT2D eigenvalue weighted by atomic mass is 127. The number of hydrogen-bond donors (Lipinski definition) is 2. The maximum absolute atomic E-state index is 12.6. The van der Waals surface area contributed by atoms with E-state index < -0.39 is 6.61 Å². The lowest BCUT2D eigenvalue weighted by Crippen LogP contribution is -2.43. The van der Waals surface area contributed by atoms with Gasteiger partial charge in [-0.15, -0.1) is 24.0 Å². The van der Waals surface area contributed by atoms with Crippen LogP contribution in [0.1, 0.15) is 18.1 Å². The van der Waals surface area contributed by atoms with Crippen molar-refractivity contribution in [2.24, 2.45) is 4.99 Å². The monoisotopic (exact) mass is 496 g/mol. The maximum atomic E-state index is 12.6. The molecule has 0 aliphatic heterocycles. The van der Waals surface area contributed by atoms with Crippen molar-refractivity contribution in [2.75, 3.05) is 27.2 Å². The van der Waals surface area contributed by atoms with Crippen LogP contribution in [0.2, 0.25) is 0 Å². The molecule has 0 fully saturated rings. The zero-order valence-corrected chi connectivity index (χ0v) is 18.3. The van der Waals surface area contributed by atoms with Crippen molar-refractivity contribution in [2.45, 2.75) is 27.0 Å². The van der Waals surface area contributed by atoms with E-state index in [1.54, 1.807) is 26.2 Å². The van der Waals surface area contributed by atoms with Gasteiger partial charge in [-0.25, -0.2) is 4.99 Å². The van der Waals surface area contributed by atoms with E-state index in [0.29, 0.717) is 18.1 Å². The number of benzene rings is 1. The summed E-state index contributed by atoms with van der Waals surface area (Å²) in [6.07, 6.45) is 0. The minimum atomic E-state index is -2.91. The smallest absolute Gasteiger partial charge is 0.387 e. The second-order valence-electron chi connectivity index (χ2n) is 6.11. The number of nitrogens with zero attached hydrogens (tertiary/aromatic N) is 2. The topological polar surface area (TPSA) is 66.0 Å². The van der Waals surface area contributed by atoms with E-state index in [4.69, 9.17) is 0 Å². The number of likely N-dealkylation sites (N-methyl/N-ethyl adjacent to an activating group) is 1. The molecule has 0 bridgehead atoms. The van der Waals surface area contributed by atoms with Crippen molar-refractivity contribution in [1.29, 1.82) is 0 Å². The Morgan fingerprint density at radius 3 is 2.48 bits per heavy atom. The number of rotatable bonds is 8. The van der Waals surface area contributed by atoms with E-state index >= 15 is 0 Å². The van der Waals surface area contributed by atoms with Gasteiger partial charge in [-0.1, -0.05) is 29.8 Å². The normalized spacial score (nSPS) is 10.9. The zero-order chi connectivity index (χ0) is 19.7.